The van der Waals surface area contributed by atoms with Gasteiger partial charge in [-0.2, -0.15) is 9.13 Å². The molecule has 764 valence electrons. The zero-order valence-electron chi connectivity index (χ0n) is 72.7. The Bertz CT molecular complexity index is 6480. The van der Waals surface area contributed by atoms with Crippen molar-refractivity contribution in [1.29, 1.82) is 0 Å². The highest BCUT2D eigenvalue weighted by molar-refractivity contribution is 14.1. The number of nitrogen functional groups attached to an aromatic ring is 2. The van der Waals surface area contributed by atoms with Crippen LogP contribution in [0.2, 0.25) is 50.2 Å². The van der Waals surface area contributed by atoms with Crippen molar-refractivity contribution in [2.75, 3.05) is 16.8 Å². The largest absolute Gasteiger partial charge is 1.00 e. The van der Waals surface area contributed by atoms with E-state index in [4.69, 9.17) is 127 Å². The number of alkyl halides is 1. The molecule has 5 heterocycles. The van der Waals surface area contributed by atoms with Crippen LogP contribution in [0.1, 0.15) is 121 Å². The molecule has 0 fully saturated rings. The molecule has 4 N–H and O–H groups in total. The van der Waals surface area contributed by atoms with Crippen molar-refractivity contribution in [3.8, 4) is 33.8 Å². The van der Waals surface area contributed by atoms with Crippen molar-refractivity contribution in [2.45, 2.75) is 84.8 Å². The third-order valence-corrected chi connectivity index (χ3v) is 25.6. The van der Waals surface area contributed by atoms with E-state index in [1.165, 1.54) is 68.4 Å². The van der Waals surface area contributed by atoms with Crippen molar-refractivity contribution in [3.05, 3.63) is 454 Å². The monoisotopic (exact) mass is 2880 g/mol. The van der Waals surface area contributed by atoms with Gasteiger partial charge in [0.2, 0.25) is 24.7 Å². The number of nitro groups is 3. The van der Waals surface area contributed by atoms with Crippen LogP contribution in [0.5, 0.6) is 0 Å². The number of halogens is 20. The van der Waals surface area contributed by atoms with Gasteiger partial charge in [-0.05, 0) is 238 Å². The molecule has 21 nitrogen and oxygen atoms in total. The second-order valence-corrected chi connectivity index (χ2v) is 39.3. The van der Waals surface area contributed by atoms with Crippen molar-refractivity contribution < 1.29 is 90.3 Å². The Hall–Kier alpha value is -7.70. The van der Waals surface area contributed by atoms with E-state index < -0.39 is 14.8 Å². The summed E-state index contributed by atoms with van der Waals surface area (Å²) in [6.45, 7) is 9.50. The summed E-state index contributed by atoms with van der Waals surface area (Å²) < 4.78 is 9.63. The molecule has 10 aromatic carbocycles. The Morgan fingerprint density at radius 1 is 0.347 bits per heavy atom. The molecule has 0 aliphatic carbocycles. The number of rotatable bonds is 16. The van der Waals surface area contributed by atoms with Gasteiger partial charge in [-0.15, -0.1) is 0 Å². The van der Waals surface area contributed by atoms with Gasteiger partial charge in [0.1, 0.15) is 0 Å². The van der Waals surface area contributed by atoms with Gasteiger partial charge in [-0.1, -0.05) is 295 Å². The van der Waals surface area contributed by atoms with Crippen molar-refractivity contribution in [1.82, 2.24) is 15.0 Å². The van der Waals surface area contributed by atoms with Crippen LogP contribution in [0, 0.1) is 54.7 Å². The van der Waals surface area contributed by atoms with Crippen LogP contribution in [0.25, 0.3) is 33.8 Å². The second kappa shape index (κ2) is 71.1. The molecular formula is C103H96Br8Cl10I2N10O11. The molecule has 144 heavy (non-hydrogen) atoms. The maximum absolute atomic E-state index is 12.1. The first-order valence-corrected chi connectivity index (χ1v) is 49.9. The fraction of sp³-hybridized carbons (Fsp3) is 0.126. The van der Waals surface area contributed by atoms with Gasteiger partial charge in [0.05, 0.1) is 93.1 Å². The predicted octanol–water partition coefficient (Wildman–Crippen LogP) is 30.3. The number of ketones is 5. The number of aromatic nitrogens is 5. The summed E-state index contributed by atoms with van der Waals surface area (Å²) in [5.41, 5.74) is 22.8. The van der Waals surface area contributed by atoms with Crippen molar-refractivity contribution >= 4 is 307 Å². The normalized spacial score (nSPS) is 9.55. The number of hydrogen-bond donors (Lipinski definition) is 2. The van der Waals surface area contributed by atoms with Crippen LogP contribution in [-0.2, 0) is 13.1 Å². The molecule has 41 heteroatoms. The Kier molecular flexibility index (Phi) is 68.3. The quantitative estimate of drug-likeness (QED) is 0.0173. The van der Waals surface area contributed by atoms with Gasteiger partial charge >= 0.3 is 0 Å². The summed E-state index contributed by atoms with van der Waals surface area (Å²) in [6.07, 6.45) is 12.8. The molecule has 0 bridgehead atoms. The maximum Gasteiger partial charge on any atom is 0.271 e. The van der Waals surface area contributed by atoms with E-state index in [0.29, 0.717) is 98.9 Å². The van der Waals surface area contributed by atoms with Crippen LogP contribution < -0.4 is 61.6 Å². The molecular weight excluding hydrogens is 2800 g/mol. The fourth-order valence-electron chi connectivity index (χ4n) is 10.7. The molecule has 0 saturated heterocycles. The minimum Gasteiger partial charge on any atom is -1.00 e. The van der Waals surface area contributed by atoms with E-state index in [2.05, 4.69) is 126 Å². The van der Waals surface area contributed by atoms with Gasteiger partial charge < -0.3 is 52.4 Å². The van der Waals surface area contributed by atoms with Crippen LogP contribution in [0.3, 0.4) is 0 Å². The van der Waals surface area contributed by atoms with E-state index in [-0.39, 0.29) is 144 Å². The average molecular weight is 2900 g/mol. The molecule has 0 aliphatic heterocycles. The summed E-state index contributed by atoms with van der Waals surface area (Å²) >= 11 is 83.6. The van der Waals surface area contributed by atoms with Gasteiger partial charge in [0.25, 0.3) is 17.1 Å². The fourth-order valence-corrected chi connectivity index (χ4v) is 15.7. The maximum atomic E-state index is 12.1. The van der Waals surface area contributed by atoms with Gasteiger partial charge in [-0.25, -0.2) is 0 Å². The summed E-state index contributed by atoms with van der Waals surface area (Å²) in [4.78, 5) is 99.7. The van der Waals surface area contributed by atoms with Gasteiger partial charge in [0.15, 0.2) is 42.1 Å². The molecule has 0 aliphatic rings. The number of benzene rings is 10. The number of pyridine rings is 5. The first kappa shape index (κ1) is 138. The zero-order valence-corrected chi connectivity index (χ0v) is 97.3. The average Bonchev–Trinajstić information content (AvgIpc) is 0.832. The van der Waals surface area contributed by atoms with E-state index in [0.717, 1.165) is 71.1 Å². The number of nitro benzene ring substituents is 3. The lowest BCUT2D eigenvalue weighted by atomic mass is 10.1. The summed E-state index contributed by atoms with van der Waals surface area (Å²) in [5, 5.41) is 36.5. The molecule has 0 saturated carbocycles. The van der Waals surface area contributed by atoms with E-state index in [1.54, 1.807) is 103 Å². The third-order valence-electron chi connectivity index (χ3n) is 17.6. The predicted molar refractivity (Wildman–Crippen MR) is 622 cm³/mol. The van der Waals surface area contributed by atoms with Crippen molar-refractivity contribution in [2.24, 2.45) is 0 Å². The van der Waals surface area contributed by atoms with Crippen LogP contribution in [0.4, 0.5) is 28.4 Å². The minimum atomic E-state index is -0.521. The molecule has 0 atom stereocenters. The molecule has 15 rings (SSSR count). The number of carbonyl (C=O) groups is 5. The number of aryl methyl sites for hydroxylation is 3. The first-order chi connectivity index (χ1) is 64.8. The first-order valence-electron chi connectivity index (χ1n) is 39.2. The lowest BCUT2D eigenvalue weighted by Crippen LogP contribution is -3.00. The topological polar surface area (TPSA) is 313 Å². The van der Waals surface area contributed by atoms with Gasteiger partial charge in [0, 0.05) is 161 Å². The molecule has 0 unspecified atom stereocenters. The van der Waals surface area contributed by atoms with Gasteiger partial charge in [-0.3, -0.25) is 69.3 Å². The Labute approximate surface area is 989 Å². The third kappa shape index (κ3) is 48.3. The van der Waals surface area contributed by atoms with Crippen molar-refractivity contribution in [3.63, 3.8) is 0 Å². The molecule has 15 aromatic rings. The highest BCUT2D eigenvalue weighted by Gasteiger charge is 2.20. The summed E-state index contributed by atoms with van der Waals surface area (Å²) in [7, 11) is 0. The smallest absolute Gasteiger partial charge is 0.271 e. The lowest BCUT2D eigenvalue weighted by molar-refractivity contribution is -0.683. The Morgan fingerprint density at radius 3 is 0.910 bits per heavy atom. The lowest BCUT2D eigenvalue weighted by Gasteiger charge is -2.04. The number of carbonyl (C=O) groups excluding carboxylic acids is 5. The summed E-state index contributed by atoms with van der Waals surface area (Å²) in [6, 6.07) is 72.9. The number of Topliss-reactive ketones (excluding diaryl/α,β-unsaturated/α-hetero) is 5. The number of nitrogens with zero attached hydrogens (tertiary/aromatic N) is 8. The molecule has 0 radical (unpaired) electrons. The van der Waals surface area contributed by atoms with E-state index in [9.17, 15) is 54.3 Å². The molecule has 0 amide bonds. The Morgan fingerprint density at radius 2 is 0.611 bits per heavy atom. The minimum absolute atomic E-state index is 0. The number of anilines is 2. The summed E-state index contributed by atoms with van der Waals surface area (Å²) in [5.74, 6) is -0.0612. The van der Waals surface area contributed by atoms with Crippen LogP contribution in [-0.4, -0.2) is 64.0 Å². The Balaban J connectivity index is -0.00000154. The second-order valence-electron chi connectivity index (χ2n) is 28.0. The number of hydrogen-bond acceptors (Lipinski definition) is 16. The SMILES string of the molecule is C.C.C.C.C.CC(=O)c1cc(Br)ccc1Cl.CC(=O)c1cc(Br)ccc1Cl.Cc1ccc(-c2cc(Br)ccc2Cl)nc1.Cc1ccc(-c2cc(N)ccc2Cl)nc1.Cc1ccc(-c2cc([N+](=O)[O-])ccc2Cl)nc1.Nc1cc([N+](=O)[O-])ccc1Cl.O=C(CBr)c1cc(Br)ccc1Cl.O=C(C[n+]1ccccc1)c1cc(Br)ccc1Cl.O=C(C[n+]1ccccc1)c1cc(Br)ccc1Cl.O=[N+]([O-])c1ccc(Cl)c(I)c1.[2HH].[Br-].[I-]. The highest BCUT2D eigenvalue weighted by atomic mass is 127. The molecule has 0 spiro atoms. The van der Waals surface area contributed by atoms with E-state index in [1.807, 2.05) is 193 Å². The number of nitrogens with two attached hydrogens (primary N) is 2. The number of non-ortho nitro benzene ring substituents is 3. The van der Waals surface area contributed by atoms with Crippen LogP contribution in [0.15, 0.2) is 325 Å². The van der Waals surface area contributed by atoms with Crippen LogP contribution >= 0.6 is 250 Å². The van der Waals surface area contributed by atoms with E-state index >= 15 is 0 Å². The standard InChI is InChI=1S/2C13H10BrClNO.C12H9BrClN.C12H9ClN2O2.C12H11ClN2.C8H5Br2ClO.2C8H6BrClO.C6H3ClINO2.C6H5ClN2O2.5CH4.BrH.HI.H2/c2*14-10-4-5-12(15)11(8-10)13(17)9-16-6-2-1-3-7-16;1-8-2-5-12(15-7-8)10-6-9(13)3-4-11(10)14;1-8-2-5-12(14-7-8)10-6-9(15(16)17)3-4-11(10)13;1-8-2-5-12(15-7-8)10-6-9(14)3-4-11(10)13;9-4-8(12)6-3-5(10)1-2-7(6)11;2*1-5(11)7-4-6(9)2-3-8(7)10;2*7-5-2-1-4(9(10)11)3-6(5)8;;;;;;;;/h2*1-8H,9H2;2-7H,1H3;2-7H,1H3;2-7H,14H2,1H3;1-3H,4H2;2*2-4H,1H3;1-3H;1-3H,8H2;5*1H4;3*1H/q2*+1;;;;;;;;;;;;;;;;/p-2/i;;;;;;;;;;;;;;;;;1+1. The molecule has 5 aromatic heterocycles. The highest BCUT2D eigenvalue weighted by Crippen LogP contribution is 2.35. The zero-order chi connectivity index (χ0) is 101.